The third kappa shape index (κ3) is 5.50. The number of hydrogen-bond acceptors (Lipinski definition) is 3. The van der Waals surface area contributed by atoms with Gasteiger partial charge in [0.15, 0.2) is 5.96 Å². The molecule has 0 amide bonds. The molecule has 2 rings (SSSR count). The van der Waals surface area contributed by atoms with E-state index in [0.29, 0.717) is 5.92 Å². The molecule has 0 spiro atoms. The highest BCUT2D eigenvalue weighted by Gasteiger charge is 2.24. The van der Waals surface area contributed by atoms with Crippen molar-refractivity contribution >= 4 is 5.96 Å². The lowest BCUT2D eigenvalue weighted by atomic mass is 10.1. The summed E-state index contributed by atoms with van der Waals surface area (Å²) in [5.74, 6) is 1.67. The Morgan fingerprint density at radius 3 is 3.09 bits per heavy atom. The molecule has 1 aromatic rings. The van der Waals surface area contributed by atoms with Gasteiger partial charge in [-0.1, -0.05) is 0 Å². The van der Waals surface area contributed by atoms with Crippen LogP contribution in [-0.4, -0.2) is 55.2 Å². The average Bonchev–Trinajstić information content (AvgIpc) is 3.02. The quantitative estimate of drug-likeness (QED) is 0.619. The molecule has 1 unspecified atom stereocenters. The molecule has 128 valence electrons. The number of nitrogens with one attached hydrogen (secondary N) is 1. The Kier molecular flexibility index (Phi) is 7.33. The molecule has 5 nitrogen and oxygen atoms in total. The summed E-state index contributed by atoms with van der Waals surface area (Å²) in [5.41, 5.74) is 2.57. The van der Waals surface area contributed by atoms with Gasteiger partial charge in [0.25, 0.3) is 0 Å². The molecule has 5 heteroatoms. The summed E-state index contributed by atoms with van der Waals surface area (Å²) in [6.07, 6.45) is 5.92. The van der Waals surface area contributed by atoms with Crippen LogP contribution in [-0.2, 0) is 11.2 Å². The van der Waals surface area contributed by atoms with Crippen LogP contribution in [0, 0.1) is 12.8 Å². The maximum atomic E-state index is 5.56. The molecule has 0 aliphatic carbocycles. The van der Waals surface area contributed by atoms with E-state index in [1.165, 1.54) is 17.5 Å². The summed E-state index contributed by atoms with van der Waals surface area (Å²) >= 11 is 0. The largest absolute Gasteiger partial charge is 0.381 e. The molecule has 1 saturated heterocycles. The Labute approximate surface area is 140 Å². The lowest BCUT2D eigenvalue weighted by Crippen LogP contribution is -2.40. The summed E-state index contributed by atoms with van der Waals surface area (Å²) in [5, 5.41) is 3.42. The highest BCUT2D eigenvalue weighted by molar-refractivity contribution is 5.80. The van der Waals surface area contributed by atoms with Crippen molar-refractivity contribution in [2.24, 2.45) is 10.9 Å². The molecule has 1 N–H and O–H groups in total. The van der Waals surface area contributed by atoms with E-state index < -0.39 is 0 Å². The summed E-state index contributed by atoms with van der Waals surface area (Å²) < 4.78 is 5.56. The number of aromatic nitrogens is 1. The smallest absolute Gasteiger partial charge is 0.193 e. The molecule has 1 aliphatic rings. The average molecular weight is 318 g/mol. The monoisotopic (exact) mass is 318 g/mol. The minimum atomic E-state index is 0.626. The molecule has 0 aromatic carbocycles. The van der Waals surface area contributed by atoms with Crippen molar-refractivity contribution in [2.75, 3.05) is 39.4 Å². The molecule has 0 saturated carbocycles. The van der Waals surface area contributed by atoms with Gasteiger partial charge in [-0.25, -0.2) is 0 Å². The van der Waals surface area contributed by atoms with Crippen LogP contribution < -0.4 is 5.32 Å². The Morgan fingerprint density at radius 2 is 2.35 bits per heavy atom. The van der Waals surface area contributed by atoms with E-state index in [-0.39, 0.29) is 0 Å². The summed E-state index contributed by atoms with van der Waals surface area (Å²) in [4.78, 5) is 11.3. The second-order valence-corrected chi connectivity index (χ2v) is 6.05. The normalized spacial score (nSPS) is 18.5. The van der Waals surface area contributed by atoms with Gasteiger partial charge in [0, 0.05) is 51.1 Å². The number of aryl methyl sites for hydroxylation is 1. The van der Waals surface area contributed by atoms with Crippen LogP contribution in [0.3, 0.4) is 0 Å². The van der Waals surface area contributed by atoms with Gasteiger partial charge < -0.3 is 15.0 Å². The van der Waals surface area contributed by atoms with Crippen molar-refractivity contribution in [3.63, 3.8) is 0 Å². The fraction of sp³-hybridized carbons (Fsp3) is 0.667. The van der Waals surface area contributed by atoms with Crippen molar-refractivity contribution < 1.29 is 4.74 Å². The molecule has 1 atom stereocenters. The molecular weight excluding hydrogens is 288 g/mol. The topological polar surface area (TPSA) is 49.8 Å². The third-order valence-corrected chi connectivity index (χ3v) is 4.26. The molecule has 0 radical (unpaired) electrons. The first-order valence-electron chi connectivity index (χ1n) is 8.75. The number of ether oxygens (including phenoxy) is 1. The number of rotatable bonds is 7. The van der Waals surface area contributed by atoms with Gasteiger partial charge in [0.05, 0.1) is 6.61 Å². The second-order valence-electron chi connectivity index (χ2n) is 6.05. The van der Waals surface area contributed by atoms with E-state index in [2.05, 4.69) is 42.0 Å². The van der Waals surface area contributed by atoms with E-state index in [1.54, 1.807) is 0 Å². The zero-order chi connectivity index (χ0) is 16.5. The van der Waals surface area contributed by atoms with Crippen LogP contribution in [0.1, 0.15) is 31.4 Å². The first-order valence-corrected chi connectivity index (χ1v) is 8.75. The van der Waals surface area contributed by atoms with E-state index >= 15 is 0 Å². The number of likely N-dealkylation sites (tertiary alicyclic amines) is 1. The van der Waals surface area contributed by atoms with Gasteiger partial charge in [0.2, 0.25) is 0 Å². The first kappa shape index (κ1) is 17.7. The van der Waals surface area contributed by atoms with Crippen LogP contribution >= 0.6 is 0 Å². The molecule has 1 aromatic heterocycles. The van der Waals surface area contributed by atoms with Crippen molar-refractivity contribution in [2.45, 2.75) is 33.6 Å². The molecule has 0 bridgehead atoms. The van der Waals surface area contributed by atoms with Crippen LogP contribution in [0.2, 0.25) is 0 Å². The Balaban J connectivity index is 1.89. The number of pyridine rings is 1. The van der Waals surface area contributed by atoms with Crippen LogP contribution in [0.5, 0.6) is 0 Å². The van der Waals surface area contributed by atoms with E-state index in [9.17, 15) is 0 Å². The predicted molar refractivity (Wildman–Crippen MR) is 94.8 cm³/mol. The fourth-order valence-corrected chi connectivity index (χ4v) is 2.94. The number of guanidine groups is 1. The Hall–Kier alpha value is -1.62. The second kappa shape index (κ2) is 9.50. The van der Waals surface area contributed by atoms with Gasteiger partial charge in [-0.3, -0.25) is 9.98 Å². The van der Waals surface area contributed by atoms with Crippen molar-refractivity contribution in [1.82, 2.24) is 15.2 Å². The van der Waals surface area contributed by atoms with Gasteiger partial charge >= 0.3 is 0 Å². The predicted octanol–water partition coefficient (Wildman–Crippen LogP) is 2.26. The van der Waals surface area contributed by atoms with E-state index in [1.807, 2.05) is 12.4 Å². The van der Waals surface area contributed by atoms with Crippen molar-refractivity contribution in [3.05, 3.63) is 29.6 Å². The van der Waals surface area contributed by atoms with Gasteiger partial charge in [-0.15, -0.1) is 0 Å². The van der Waals surface area contributed by atoms with Gasteiger partial charge in [0.1, 0.15) is 0 Å². The third-order valence-electron chi connectivity index (χ3n) is 4.26. The van der Waals surface area contributed by atoms with E-state index in [0.717, 1.165) is 51.8 Å². The SMILES string of the molecule is CCNC(=NCCc1ccncc1C)N1CCC(COCC)C1. The Morgan fingerprint density at radius 1 is 1.48 bits per heavy atom. The molecular formula is C18H30N4O. The summed E-state index contributed by atoms with van der Waals surface area (Å²) in [6.45, 7) is 11.8. The standard InChI is InChI=1S/C18H30N4O/c1-4-20-18(22-11-8-16(13-22)14-23-5-2)21-10-7-17-6-9-19-12-15(17)3/h6,9,12,16H,4-5,7-8,10-11,13-14H2,1-3H3,(H,20,21). The van der Waals surface area contributed by atoms with Crippen molar-refractivity contribution in [1.29, 1.82) is 0 Å². The number of hydrogen-bond donors (Lipinski definition) is 1. The lowest BCUT2D eigenvalue weighted by Gasteiger charge is -2.21. The Bertz CT molecular complexity index is 504. The lowest BCUT2D eigenvalue weighted by molar-refractivity contribution is 0.114. The van der Waals surface area contributed by atoms with Crippen LogP contribution in [0.25, 0.3) is 0 Å². The molecule has 1 aliphatic heterocycles. The first-order chi connectivity index (χ1) is 11.2. The maximum absolute atomic E-state index is 5.56. The summed E-state index contributed by atoms with van der Waals surface area (Å²) in [7, 11) is 0. The fourth-order valence-electron chi connectivity index (χ4n) is 2.94. The highest BCUT2D eigenvalue weighted by Crippen LogP contribution is 2.16. The van der Waals surface area contributed by atoms with E-state index in [4.69, 9.17) is 9.73 Å². The van der Waals surface area contributed by atoms with Crippen LogP contribution in [0.15, 0.2) is 23.5 Å². The molecule has 2 heterocycles. The number of aliphatic imine (C=N–C) groups is 1. The summed E-state index contributed by atoms with van der Waals surface area (Å²) in [6, 6.07) is 2.09. The molecule has 23 heavy (non-hydrogen) atoms. The van der Waals surface area contributed by atoms with Gasteiger partial charge in [-0.05, 0) is 50.8 Å². The van der Waals surface area contributed by atoms with Crippen molar-refractivity contribution in [3.8, 4) is 0 Å². The zero-order valence-corrected chi connectivity index (χ0v) is 14.7. The highest BCUT2D eigenvalue weighted by atomic mass is 16.5. The zero-order valence-electron chi connectivity index (χ0n) is 14.7. The minimum Gasteiger partial charge on any atom is -0.381 e. The van der Waals surface area contributed by atoms with Crippen LogP contribution in [0.4, 0.5) is 0 Å². The minimum absolute atomic E-state index is 0.626. The maximum Gasteiger partial charge on any atom is 0.193 e. The van der Waals surface area contributed by atoms with Gasteiger partial charge in [-0.2, -0.15) is 0 Å². The number of nitrogens with zero attached hydrogens (tertiary/aromatic N) is 3. The molecule has 1 fully saturated rings.